The van der Waals surface area contributed by atoms with Gasteiger partial charge in [0.25, 0.3) is 10.0 Å². The molecule has 1 N–H and O–H groups in total. The van der Waals surface area contributed by atoms with Crippen molar-refractivity contribution in [3.63, 3.8) is 0 Å². The standard InChI is InChI=1S/C34H35Cl2N3O4S/c1-3-17-37-34(41)32(19-26-12-6-4-7-13-26)38(23-27-14-10-11-25(2)18-27)33(40)24-39(30-21-28(35)20-29(36)22-30)44(42,43)31-15-8-5-9-16-31/h4-16,18,20-22,32H,3,17,19,23-24H2,1-2H3,(H,37,41)/t32-/m1/s1. The Morgan fingerprint density at radius 2 is 1.43 bits per heavy atom. The van der Waals surface area contributed by atoms with Gasteiger partial charge in [-0.05, 0) is 54.8 Å². The lowest BCUT2D eigenvalue weighted by molar-refractivity contribution is -0.140. The molecule has 0 spiro atoms. The lowest BCUT2D eigenvalue weighted by Crippen LogP contribution is -2.53. The summed E-state index contributed by atoms with van der Waals surface area (Å²) in [4.78, 5) is 29.6. The molecule has 0 heterocycles. The van der Waals surface area contributed by atoms with Crippen LogP contribution in [0.15, 0.2) is 108 Å². The van der Waals surface area contributed by atoms with Gasteiger partial charge in [-0.3, -0.25) is 13.9 Å². The third kappa shape index (κ3) is 8.62. The van der Waals surface area contributed by atoms with Crippen molar-refractivity contribution in [2.24, 2.45) is 0 Å². The Labute approximate surface area is 269 Å². The number of carbonyl (C=O) groups excluding carboxylic acids is 2. The number of halogens is 2. The second-order valence-corrected chi connectivity index (χ2v) is 13.2. The number of carbonyl (C=O) groups is 2. The van der Waals surface area contributed by atoms with Gasteiger partial charge in [-0.25, -0.2) is 8.42 Å². The second-order valence-electron chi connectivity index (χ2n) is 10.5. The number of aryl methyl sites for hydroxylation is 1. The van der Waals surface area contributed by atoms with Crippen molar-refractivity contribution in [1.29, 1.82) is 0 Å². The monoisotopic (exact) mass is 651 g/mol. The Hall–Kier alpha value is -3.85. The number of amides is 2. The Morgan fingerprint density at radius 3 is 2.05 bits per heavy atom. The number of hydrogen-bond acceptors (Lipinski definition) is 4. The van der Waals surface area contributed by atoms with Crippen LogP contribution in [0.1, 0.15) is 30.0 Å². The molecule has 0 unspecified atom stereocenters. The van der Waals surface area contributed by atoms with Crippen LogP contribution in [0.5, 0.6) is 0 Å². The fourth-order valence-corrected chi connectivity index (χ4v) is 6.79. The lowest BCUT2D eigenvalue weighted by atomic mass is 10.0. The van der Waals surface area contributed by atoms with Gasteiger partial charge in [-0.2, -0.15) is 0 Å². The minimum absolute atomic E-state index is 0.00402. The number of rotatable bonds is 13. The first kappa shape index (κ1) is 33.1. The van der Waals surface area contributed by atoms with E-state index in [1.165, 1.54) is 35.2 Å². The first-order chi connectivity index (χ1) is 21.1. The highest BCUT2D eigenvalue weighted by molar-refractivity contribution is 7.92. The number of hydrogen-bond donors (Lipinski definition) is 1. The Balaban J connectivity index is 1.81. The van der Waals surface area contributed by atoms with Crippen molar-refractivity contribution in [3.05, 3.63) is 130 Å². The summed E-state index contributed by atoms with van der Waals surface area (Å²) in [7, 11) is -4.25. The molecule has 4 aromatic rings. The van der Waals surface area contributed by atoms with Crippen molar-refractivity contribution in [2.75, 3.05) is 17.4 Å². The summed E-state index contributed by atoms with van der Waals surface area (Å²) in [6, 6.07) is 28.4. The van der Waals surface area contributed by atoms with Gasteiger partial charge in [0.05, 0.1) is 10.6 Å². The molecule has 0 aliphatic carbocycles. The van der Waals surface area contributed by atoms with Crippen LogP contribution in [-0.4, -0.2) is 44.3 Å². The molecule has 4 rings (SSSR count). The van der Waals surface area contributed by atoms with Gasteiger partial charge in [0, 0.05) is 29.6 Å². The predicted molar refractivity (Wildman–Crippen MR) is 176 cm³/mol. The van der Waals surface area contributed by atoms with Crippen LogP contribution >= 0.6 is 23.2 Å². The van der Waals surface area contributed by atoms with Crippen LogP contribution in [0, 0.1) is 6.92 Å². The summed E-state index contributed by atoms with van der Waals surface area (Å²) in [5, 5.41) is 3.37. The highest BCUT2D eigenvalue weighted by atomic mass is 35.5. The van der Waals surface area contributed by atoms with Crippen molar-refractivity contribution in [1.82, 2.24) is 10.2 Å². The normalized spacial score (nSPS) is 11.9. The first-order valence-corrected chi connectivity index (χ1v) is 16.5. The third-order valence-corrected chi connectivity index (χ3v) is 9.23. The Morgan fingerprint density at radius 1 is 0.818 bits per heavy atom. The SMILES string of the molecule is CCCNC(=O)[C@@H](Cc1ccccc1)N(Cc1cccc(C)c1)C(=O)CN(c1cc(Cl)cc(Cl)c1)S(=O)(=O)c1ccccc1. The van der Waals surface area contributed by atoms with Gasteiger partial charge >= 0.3 is 0 Å². The van der Waals surface area contributed by atoms with Crippen molar-refractivity contribution in [2.45, 2.75) is 44.2 Å². The van der Waals surface area contributed by atoms with Crippen molar-refractivity contribution < 1.29 is 18.0 Å². The summed E-state index contributed by atoms with van der Waals surface area (Å²) in [6.45, 7) is 3.83. The van der Waals surface area contributed by atoms with E-state index in [0.717, 1.165) is 21.0 Å². The molecule has 10 heteroatoms. The van der Waals surface area contributed by atoms with Crippen molar-refractivity contribution in [3.8, 4) is 0 Å². The van der Waals surface area contributed by atoms with Gasteiger partial charge in [-0.15, -0.1) is 0 Å². The highest BCUT2D eigenvalue weighted by Crippen LogP contribution is 2.30. The summed E-state index contributed by atoms with van der Waals surface area (Å²) < 4.78 is 29.1. The maximum absolute atomic E-state index is 14.4. The molecule has 0 bridgehead atoms. The average Bonchev–Trinajstić information content (AvgIpc) is 3.00. The summed E-state index contributed by atoms with van der Waals surface area (Å²) in [5.74, 6) is -0.880. The zero-order chi connectivity index (χ0) is 31.7. The second kappa shape index (κ2) is 15.2. The van der Waals surface area contributed by atoms with E-state index in [9.17, 15) is 18.0 Å². The van der Waals surface area contributed by atoms with Crippen LogP contribution in [-0.2, 0) is 32.6 Å². The fraction of sp³-hybridized carbons (Fsp3) is 0.235. The van der Waals surface area contributed by atoms with Crippen LogP contribution in [0.4, 0.5) is 5.69 Å². The molecule has 0 aromatic heterocycles. The minimum Gasteiger partial charge on any atom is -0.354 e. The molecule has 0 fully saturated rings. The maximum Gasteiger partial charge on any atom is 0.264 e. The zero-order valence-corrected chi connectivity index (χ0v) is 26.9. The first-order valence-electron chi connectivity index (χ1n) is 14.3. The van der Waals surface area contributed by atoms with Crippen LogP contribution in [0.25, 0.3) is 0 Å². The molecule has 0 saturated heterocycles. The summed E-state index contributed by atoms with van der Waals surface area (Å²) in [5.41, 5.74) is 2.79. The molecular weight excluding hydrogens is 617 g/mol. The van der Waals surface area contributed by atoms with E-state index in [2.05, 4.69) is 5.32 Å². The van der Waals surface area contributed by atoms with E-state index in [4.69, 9.17) is 23.2 Å². The molecule has 0 saturated carbocycles. The molecule has 4 aromatic carbocycles. The zero-order valence-electron chi connectivity index (χ0n) is 24.6. The molecule has 7 nitrogen and oxygen atoms in total. The van der Waals surface area contributed by atoms with E-state index in [0.29, 0.717) is 13.0 Å². The molecule has 0 radical (unpaired) electrons. The third-order valence-electron chi connectivity index (χ3n) is 7.00. The van der Waals surface area contributed by atoms with Crippen LogP contribution in [0.3, 0.4) is 0 Å². The summed E-state index contributed by atoms with van der Waals surface area (Å²) >= 11 is 12.6. The van der Waals surface area contributed by atoms with Crippen molar-refractivity contribution >= 4 is 50.7 Å². The Kier molecular flexibility index (Phi) is 11.4. The van der Waals surface area contributed by atoms with E-state index in [1.807, 2.05) is 68.4 Å². The quantitative estimate of drug-likeness (QED) is 0.175. The number of nitrogens with one attached hydrogen (secondary N) is 1. The number of nitrogens with zero attached hydrogens (tertiary/aromatic N) is 2. The largest absolute Gasteiger partial charge is 0.354 e. The predicted octanol–water partition coefficient (Wildman–Crippen LogP) is 6.66. The number of sulfonamides is 1. The number of benzene rings is 4. The molecular formula is C34H35Cl2N3O4S. The number of anilines is 1. The van der Waals surface area contributed by atoms with E-state index in [1.54, 1.807) is 18.2 Å². The molecule has 44 heavy (non-hydrogen) atoms. The highest BCUT2D eigenvalue weighted by Gasteiger charge is 2.34. The van der Waals surface area contributed by atoms with E-state index in [-0.39, 0.29) is 39.5 Å². The molecule has 230 valence electrons. The van der Waals surface area contributed by atoms with Gasteiger partial charge in [-0.1, -0.05) is 108 Å². The average molecular weight is 653 g/mol. The van der Waals surface area contributed by atoms with E-state index < -0.39 is 28.5 Å². The lowest BCUT2D eigenvalue weighted by Gasteiger charge is -2.34. The fourth-order valence-electron chi connectivity index (χ4n) is 4.86. The minimum atomic E-state index is -4.25. The molecule has 0 aliphatic rings. The van der Waals surface area contributed by atoms with E-state index >= 15 is 0 Å². The van der Waals surface area contributed by atoms with Gasteiger partial charge < -0.3 is 10.2 Å². The molecule has 0 aliphatic heterocycles. The maximum atomic E-state index is 14.4. The van der Waals surface area contributed by atoms with Crippen LogP contribution < -0.4 is 9.62 Å². The van der Waals surface area contributed by atoms with Gasteiger partial charge in [0.1, 0.15) is 12.6 Å². The van der Waals surface area contributed by atoms with Crippen LogP contribution in [0.2, 0.25) is 10.0 Å². The molecule has 2 amide bonds. The summed E-state index contributed by atoms with van der Waals surface area (Å²) in [6.07, 6.45) is 0.955. The molecule has 1 atom stereocenters. The Bertz CT molecular complexity index is 1670. The van der Waals surface area contributed by atoms with Gasteiger partial charge in [0.15, 0.2) is 0 Å². The smallest absolute Gasteiger partial charge is 0.264 e. The van der Waals surface area contributed by atoms with Gasteiger partial charge in [0.2, 0.25) is 11.8 Å². The topological polar surface area (TPSA) is 86.8 Å².